The van der Waals surface area contributed by atoms with Crippen LogP contribution in [0.1, 0.15) is 42.0 Å². The van der Waals surface area contributed by atoms with Crippen LogP contribution in [0.2, 0.25) is 5.02 Å². The summed E-state index contributed by atoms with van der Waals surface area (Å²) in [6, 6.07) is 4.97. The molecule has 1 fully saturated rings. The number of aromatic nitrogens is 2. The first-order valence-electron chi connectivity index (χ1n) is 9.30. The number of thiazole rings is 1. The van der Waals surface area contributed by atoms with E-state index in [1.165, 1.54) is 37.2 Å². The number of hydrogen-bond donors (Lipinski definition) is 0. The number of carbonyl (C=O) groups is 1. The zero-order chi connectivity index (χ0) is 20.1. The molecule has 6 nitrogen and oxygen atoms in total. The van der Waals surface area contributed by atoms with Crippen LogP contribution >= 0.6 is 22.9 Å². The molecule has 3 heterocycles. The lowest BCUT2D eigenvalue weighted by atomic mass is 10.0. The summed E-state index contributed by atoms with van der Waals surface area (Å²) in [6.07, 6.45) is 3.30. The molecule has 0 spiro atoms. The molecule has 0 unspecified atom stereocenters. The number of Topliss-reactive ketones (excluding diaryl/α,β-unsaturated/α-hetero) is 1. The third-order valence-electron chi connectivity index (χ3n) is 5.14. The molecule has 0 amide bonds. The second-order valence-electron chi connectivity index (χ2n) is 7.32. The number of rotatable bonds is 5. The predicted molar refractivity (Wildman–Crippen MR) is 110 cm³/mol. The van der Waals surface area contributed by atoms with Crippen molar-refractivity contribution in [3.8, 4) is 22.8 Å². The first kappa shape index (κ1) is 18.4. The van der Waals surface area contributed by atoms with E-state index in [9.17, 15) is 9.59 Å². The molecule has 3 aromatic rings. The van der Waals surface area contributed by atoms with Crippen molar-refractivity contribution in [1.82, 2.24) is 9.55 Å². The Morgan fingerprint density at radius 3 is 2.90 bits per heavy atom. The van der Waals surface area contributed by atoms with Gasteiger partial charge >= 0.3 is 0 Å². The van der Waals surface area contributed by atoms with Gasteiger partial charge in [0.2, 0.25) is 6.23 Å². The largest absolute Gasteiger partial charge is 0.492 e. The van der Waals surface area contributed by atoms with E-state index in [2.05, 4.69) is 4.98 Å². The van der Waals surface area contributed by atoms with Gasteiger partial charge in [0.15, 0.2) is 11.2 Å². The fourth-order valence-electron chi connectivity index (χ4n) is 3.38. The number of ether oxygens (including phenoxy) is 2. The maximum absolute atomic E-state index is 12.5. The highest BCUT2D eigenvalue weighted by molar-refractivity contribution is 7.07. The predicted octanol–water partition coefficient (Wildman–Crippen LogP) is 4.56. The average Bonchev–Trinajstić information content (AvgIpc) is 3.36. The minimum absolute atomic E-state index is 0.108. The molecule has 1 aromatic carbocycles. The highest BCUT2D eigenvalue weighted by atomic mass is 35.5. The molecular weight excluding hydrogens is 412 g/mol. The van der Waals surface area contributed by atoms with E-state index in [0.29, 0.717) is 46.0 Å². The first-order chi connectivity index (χ1) is 14.0. The van der Waals surface area contributed by atoms with Crippen LogP contribution in [0.15, 0.2) is 40.1 Å². The number of pyridine rings is 1. The van der Waals surface area contributed by atoms with Crippen molar-refractivity contribution >= 4 is 28.7 Å². The second kappa shape index (κ2) is 7.00. The molecule has 5 rings (SSSR count). The fraction of sp³-hybridized carbons (Fsp3) is 0.286. The number of benzene rings is 1. The molecule has 0 N–H and O–H groups in total. The molecule has 148 valence electrons. The van der Waals surface area contributed by atoms with Gasteiger partial charge in [0, 0.05) is 29.3 Å². The van der Waals surface area contributed by atoms with E-state index in [1.807, 2.05) is 5.38 Å². The zero-order valence-corrected chi connectivity index (χ0v) is 17.1. The summed E-state index contributed by atoms with van der Waals surface area (Å²) in [5.41, 5.74) is 3.47. The van der Waals surface area contributed by atoms with Gasteiger partial charge < -0.3 is 14.0 Å². The van der Waals surface area contributed by atoms with Crippen molar-refractivity contribution in [1.29, 1.82) is 0 Å². The molecular formula is C21H17ClN2O4S. The Morgan fingerprint density at radius 1 is 1.38 bits per heavy atom. The van der Waals surface area contributed by atoms with Crippen molar-refractivity contribution in [3.63, 3.8) is 0 Å². The van der Waals surface area contributed by atoms with Crippen molar-refractivity contribution in [2.24, 2.45) is 5.92 Å². The van der Waals surface area contributed by atoms with E-state index in [0.717, 1.165) is 0 Å². The van der Waals surface area contributed by atoms with E-state index < -0.39 is 6.23 Å². The maximum atomic E-state index is 12.5. The molecule has 1 atom stereocenters. The van der Waals surface area contributed by atoms with Crippen molar-refractivity contribution in [3.05, 3.63) is 61.8 Å². The Balaban J connectivity index is 1.66. The summed E-state index contributed by atoms with van der Waals surface area (Å²) >= 11 is 7.90. The number of ketones is 1. The molecule has 2 aliphatic rings. The molecule has 1 aliphatic heterocycles. The average molecular weight is 429 g/mol. The monoisotopic (exact) mass is 428 g/mol. The summed E-state index contributed by atoms with van der Waals surface area (Å²) in [6.45, 7) is 2.01. The number of halogens is 1. The van der Waals surface area contributed by atoms with Crippen LogP contribution in [0.3, 0.4) is 0 Å². The normalized spacial score (nSPS) is 17.2. The first-order valence-corrected chi connectivity index (χ1v) is 10.6. The Bertz CT molecular complexity index is 1170. The number of nitrogens with zero attached hydrogens (tertiary/aromatic N) is 2. The van der Waals surface area contributed by atoms with Gasteiger partial charge in [-0.05, 0) is 31.7 Å². The summed E-state index contributed by atoms with van der Waals surface area (Å²) < 4.78 is 13.9. The SMILES string of the molecule is CC(=O)c1cn2c(cc1=O)-c1cc(Cl)c(OCC3CC3)cc1O[C@@H]2c1cscn1. The molecule has 29 heavy (non-hydrogen) atoms. The van der Waals surface area contributed by atoms with Crippen molar-refractivity contribution in [2.75, 3.05) is 6.61 Å². The summed E-state index contributed by atoms with van der Waals surface area (Å²) in [5.74, 6) is 1.42. The Hall–Kier alpha value is -2.64. The Kier molecular flexibility index (Phi) is 4.44. The van der Waals surface area contributed by atoms with Crippen LogP contribution in [0.5, 0.6) is 11.5 Å². The van der Waals surface area contributed by atoms with Crippen molar-refractivity contribution in [2.45, 2.75) is 26.0 Å². The van der Waals surface area contributed by atoms with Gasteiger partial charge in [-0.15, -0.1) is 11.3 Å². The van der Waals surface area contributed by atoms with Crippen LogP contribution in [0, 0.1) is 5.92 Å². The Labute approximate surface area is 175 Å². The van der Waals surface area contributed by atoms with Gasteiger partial charge in [-0.2, -0.15) is 0 Å². The van der Waals surface area contributed by atoms with Gasteiger partial charge in [0.05, 0.1) is 28.4 Å². The van der Waals surface area contributed by atoms with E-state index in [4.69, 9.17) is 21.1 Å². The summed E-state index contributed by atoms with van der Waals surface area (Å²) in [7, 11) is 0. The third-order valence-corrected chi connectivity index (χ3v) is 6.04. The lowest BCUT2D eigenvalue weighted by Gasteiger charge is -2.31. The van der Waals surface area contributed by atoms with Crippen LogP contribution in [0.25, 0.3) is 11.3 Å². The number of fused-ring (bicyclic) bond motifs is 3. The van der Waals surface area contributed by atoms with Gasteiger partial charge in [-0.3, -0.25) is 9.59 Å². The van der Waals surface area contributed by atoms with E-state index in [-0.39, 0.29) is 16.8 Å². The smallest absolute Gasteiger partial charge is 0.220 e. The lowest BCUT2D eigenvalue weighted by molar-refractivity contribution is 0.101. The second-order valence-corrected chi connectivity index (χ2v) is 8.44. The molecule has 0 bridgehead atoms. The maximum Gasteiger partial charge on any atom is 0.220 e. The van der Waals surface area contributed by atoms with E-state index in [1.54, 1.807) is 28.4 Å². The highest BCUT2D eigenvalue weighted by Gasteiger charge is 2.30. The quantitative estimate of drug-likeness (QED) is 0.557. The standard InChI is InChI=1S/C21H17ClN2O4S/c1-11(25)14-7-24-17(5-18(14)26)13-4-15(22)20(27-8-12-2-3-12)6-19(13)28-21(24)16-9-29-10-23-16/h4-7,9-10,12,21H,2-3,8H2,1H3/t21-/m1/s1. The molecule has 1 saturated carbocycles. The van der Waals surface area contributed by atoms with Gasteiger partial charge in [0.25, 0.3) is 0 Å². The topological polar surface area (TPSA) is 70.4 Å². The van der Waals surface area contributed by atoms with E-state index >= 15 is 0 Å². The van der Waals surface area contributed by atoms with Gasteiger partial charge in [-0.25, -0.2) is 4.98 Å². The van der Waals surface area contributed by atoms with Crippen molar-refractivity contribution < 1.29 is 14.3 Å². The highest BCUT2D eigenvalue weighted by Crippen LogP contribution is 2.45. The van der Waals surface area contributed by atoms with Crippen LogP contribution in [0.4, 0.5) is 0 Å². The summed E-state index contributed by atoms with van der Waals surface area (Å²) in [4.78, 5) is 28.8. The van der Waals surface area contributed by atoms with Crippen LogP contribution in [-0.4, -0.2) is 21.9 Å². The summed E-state index contributed by atoms with van der Waals surface area (Å²) in [5, 5.41) is 2.33. The Morgan fingerprint density at radius 2 is 2.21 bits per heavy atom. The zero-order valence-electron chi connectivity index (χ0n) is 15.6. The van der Waals surface area contributed by atoms with Crippen LogP contribution < -0.4 is 14.9 Å². The number of hydrogen-bond acceptors (Lipinski definition) is 6. The minimum atomic E-state index is -0.597. The molecule has 2 aromatic heterocycles. The molecule has 1 aliphatic carbocycles. The van der Waals surface area contributed by atoms with Gasteiger partial charge in [-0.1, -0.05) is 11.6 Å². The number of carbonyl (C=O) groups excluding carboxylic acids is 1. The van der Waals surface area contributed by atoms with Crippen LogP contribution in [-0.2, 0) is 0 Å². The minimum Gasteiger partial charge on any atom is -0.492 e. The molecule has 0 radical (unpaired) electrons. The fourth-order valence-corrected chi connectivity index (χ4v) is 4.16. The third kappa shape index (κ3) is 3.34. The molecule has 0 saturated heterocycles. The lowest BCUT2D eigenvalue weighted by Crippen LogP contribution is -2.27. The van der Waals surface area contributed by atoms with Gasteiger partial charge in [0.1, 0.15) is 17.2 Å². The molecule has 8 heteroatoms.